The van der Waals surface area contributed by atoms with Crippen LogP contribution in [0.2, 0.25) is 0 Å². The van der Waals surface area contributed by atoms with Crippen LogP contribution in [0, 0.1) is 0 Å². The molecule has 2 fully saturated rings. The van der Waals surface area contributed by atoms with Gasteiger partial charge in [0.15, 0.2) is 5.96 Å². The Labute approximate surface area is 194 Å². The molecule has 170 valence electrons. The summed E-state index contributed by atoms with van der Waals surface area (Å²) < 4.78 is 38.9. The standard InChI is InChI=1S/C20H31F3N6.HI/c1-24-19(25-14-18-15-26(2)7-8-27(18)3)29-11-9-28(10-12-29)17-6-4-5-16(13-17)20(21,22)23;/h4-6,13,18H,7-12,14-15H2,1-3H3,(H,24,25);1H. The minimum atomic E-state index is -4.32. The molecule has 1 aromatic rings. The van der Waals surface area contributed by atoms with Crippen molar-refractivity contribution >= 4 is 35.6 Å². The first-order valence-electron chi connectivity index (χ1n) is 10.0. The number of guanidine groups is 1. The van der Waals surface area contributed by atoms with E-state index in [1.807, 2.05) is 4.90 Å². The Balaban J connectivity index is 0.00000320. The number of hydrogen-bond donors (Lipinski definition) is 1. The van der Waals surface area contributed by atoms with Gasteiger partial charge in [-0.1, -0.05) is 6.07 Å². The number of likely N-dealkylation sites (N-methyl/N-ethyl adjacent to an activating group) is 2. The van der Waals surface area contributed by atoms with E-state index in [0.29, 0.717) is 24.8 Å². The van der Waals surface area contributed by atoms with Crippen LogP contribution in [0.1, 0.15) is 5.56 Å². The zero-order chi connectivity index (χ0) is 21.0. The van der Waals surface area contributed by atoms with Crippen molar-refractivity contribution in [1.29, 1.82) is 0 Å². The molecule has 30 heavy (non-hydrogen) atoms. The molecule has 10 heteroatoms. The first-order chi connectivity index (χ1) is 13.8. The fourth-order valence-electron chi connectivity index (χ4n) is 3.92. The van der Waals surface area contributed by atoms with E-state index in [-0.39, 0.29) is 24.0 Å². The van der Waals surface area contributed by atoms with E-state index in [4.69, 9.17) is 0 Å². The van der Waals surface area contributed by atoms with Gasteiger partial charge in [0, 0.05) is 71.1 Å². The van der Waals surface area contributed by atoms with Gasteiger partial charge in [0.2, 0.25) is 0 Å². The molecule has 2 heterocycles. The number of nitrogens with zero attached hydrogens (tertiary/aromatic N) is 5. The van der Waals surface area contributed by atoms with Crippen molar-refractivity contribution in [3.8, 4) is 0 Å². The number of alkyl halides is 3. The summed E-state index contributed by atoms with van der Waals surface area (Å²) >= 11 is 0. The Morgan fingerprint density at radius 1 is 1.10 bits per heavy atom. The van der Waals surface area contributed by atoms with Gasteiger partial charge in [-0.05, 0) is 32.3 Å². The van der Waals surface area contributed by atoms with E-state index >= 15 is 0 Å². The van der Waals surface area contributed by atoms with E-state index in [1.165, 1.54) is 12.1 Å². The second kappa shape index (κ2) is 10.9. The smallest absolute Gasteiger partial charge is 0.368 e. The highest BCUT2D eigenvalue weighted by molar-refractivity contribution is 14.0. The van der Waals surface area contributed by atoms with Crippen LogP contribution in [0.15, 0.2) is 29.3 Å². The summed E-state index contributed by atoms with van der Waals surface area (Å²) in [7, 11) is 6.07. The summed E-state index contributed by atoms with van der Waals surface area (Å²) in [5.41, 5.74) is 0.0192. The van der Waals surface area contributed by atoms with Gasteiger partial charge in [0.1, 0.15) is 0 Å². The predicted molar refractivity (Wildman–Crippen MR) is 126 cm³/mol. The number of anilines is 1. The molecule has 0 amide bonds. The zero-order valence-electron chi connectivity index (χ0n) is 17.8. The van der Waals surface area contributed by atoms with Gasteiger partial charge in [0.25, 0.3) is 0 Å². The monoisotopic (exact) mass is 540 g/mol. The molecule has 0 radical (unpaired) electrons. The summed E-state index contributed by atoms with van der Waals surface area (Å²) in [5.74, 6) is 0.857. The van der Waals surface area contributed by atoms with Crippen molar-refractivity contribution in [2.45, 2.75) is 12.2 Å². The lowest BCUT2D eigenvalue weighted by molar-refractivity contribution is -0.137. The Morgan fingerprint density at radius 3 is 2.43 bits per heavy atom. The van der Waals surface area contributed by atoms with Crippen LogP contribution < -0.4 is 10.2 Å². The molecule has 1 atom stereocenters. The highest BCUT2D eigenvalue weighted by atomic mass is 127. The van der Waals surface area contributed by atoms with Crippen LogP contribution in [0.25, 0.3) is 0 Å². The topological polar surface area (TPSA) is 37.4 Å². The molecule has 1 aromatic carbocycles. The van der Waals surface area contributed by atoms with Crippen molar-refractivity contribution in [1.82, 2.24) is 20.0 Å². The third-order valence-corrected chi connectivity index (χ3v) is 5.81. The maximum atomic E-state index is 13.0. The summed E-state index contributed by atoms with van der Waals surface area (Å²) in [6.45, 7) is 6.73. The number of hydrogen-bond acceptors (Lipinski definition) is 4. The van der Waals surface area contributed by atoms with Gasteiger partial charge in [-0.2, -0.15) is 13.2 Å². The van der Waals surface area contributed by atoms with Gasteiger partial charge in [-0.25, -0.2) is 0 Å². The van der Waals surface area contributed by atoms with E-state index in [0.717, 1.165) is 51.3 Å². The van der Waals surface area contributed by atoms with Crippen LogP contribution in [-0.4, -0.2) is 100 Å². The molecule has 1 N–H and O–H groups in total. The minimum Gasteiger partial charge on any atom is -0.368 e. The molecule has 0 aliphatic carbocycles. The molecule has 0 spiro atoms. The molecule has 0 bridgehead atoms. The van der Waals surface area contributed by atoms with E-state index < -0.39 is 11.7 Å². The Bertz CT molecular complexity index is 706. The van der Waals surface area contributed by atoms with Crippen molar-refractivity contribution in [3.63, 3.8) is 0 Å². The van der Waals surface area contributed by atoms with Gasteiger partial charge < -0.3 is 20.0 Å². The van der Waals surface area contributed by atoms with Crippen LogP contribution in [0.5, 0.6) is 0 Å². The third-order valence-electron chi connectivity index (χ3n) is 5.81. The van der Waals surface area contributed by atoms with Crippen LogP contribution >= 0.6 is 24.0 Å². The van der Waals surface area contributed by atoms with E-state index in [9.17, 15) is 13.2 Å². The second-order valence-corrected chi connectivity index (χ2v) is 7.85. The third kappa shape index (κ3) is 6.36. The van der Waals surface area contributed by atoms with Crippen LogP contribution in [0.4, 0.5) is 18.9 Å². The molecular formula is C20H32F3IN6. The molecule has 6 nitrogen and oxygen atoms in total. The molecule has 2 aliphatic heterocycles. The molecule has 2 aliphatic rings. The summed E-state index contributed by atoms with van der Waals surface area (Å²) in [4.78, 5) is 13.3. The molecule has 0 saturated carbocycles. The average molecular weight is 540 g/mol. The number of piperazine rings is 2. The lowest BCUT2D eigenvalue weighted by Crippen LogP contribution is -2.57. The molecular weight excluding hydrogens is 508 g/mol. The quantitative estimate of drug-likeness (QED) is 0.362. The van der Waals surface area contributed by atoms with Crippen LogP contribution in [0.3, 0.4) is 0 Å². The van der Waals surface area contributed by atoms with Crippen molar-refractivity contribution in [2.24, 2.45) is 4.99 Å². The maximum absolute atomic E-state index is 13.0. The summed E-state index contributed by atoms with van der Waals surface area (Å²) in [6, 6.07) is 6.00. The first-order valence-corrected chi connectivity index (χ1v) is 10.0. The van der Waals surface area contributed by atoms with Crippen LogP contribution in [-0.2, 0) is 6.18 Å². The Morgan fingerprint density at radius 2 is 1.80 bits per heavy atom. The summed E-state index contributed by atoms with van der Waals surface area (Å²) in [6.07, 6.45) is -4.32. The number of benzene rings is 1. The molecule has 3 rings (SSSR count). The molecule has 0 aromatic heterocycles. The fourth-order valence-corrected chi connectivity index (χ4v) is 3.92. The van der Waals surface area contributed by atoms with Gasteiger partial charge in [-0.3, -0.25) is 9.89 Å². The highest BCUT2D eigenvalue weighted by Gasteiger charge is 2.31. The van der Waals surface area contributed by atoms with E-state index in [2.05, 4.69) is 39.1 Å². The zero-order valence-corrected chi connectivity index (χ0v) is 20.2. The molecule has 1 unspecified atom stereocenters. The predicted octanol–water partition coefficient (Wildman–Crippen LogP) is 2.27. The minimum absolute atomic E-state index is 0. The van der Waals surface area contributed by atoms with Crippen molar-refractivity contribution in [2.75, 3.05) is 78.4 Å². The normalized spacial score (nSPS) is 22.1. The number of rotatable bonds is 3. The SMILES string of the molecule is CN=C(NCC1CN(C)CCN1C)N1CCN(c2cccc(C(F)(F)F)c2)CC1.I. The lowest BCUT2D eigenvalue weighted by atomic mass is 10.1. The second-order valence-electron chi connectivity index (χ2n) is 7.85. The average Bonchev–Trinajstić information content (AvgIpc) is 2.71. The van der Waals surface area contributed by atoms with E-state index in [1.54, 1.807) is 13.1 Å². The highest BCUT2D eigenvalue weighted by Crippen LogP contribution is 2.31. The Kier molecular flexibility index (Phi) is 9.04. The first kappa shape index (κ1) is 25.0. The number of aliphatic imine (C=N–C) groups is 1. The Hall–Kier alpha value is -1.27. The van der Waals surface area contributed by atoms with Crippen molar-refractivity contribution < 1.29 is 13.2 Å². The fraction of sp³-hybridized carbons (Fsp3) is 0.650. The summed E-state index contributed by atoms with van der Waals surface area (Å²) in [5, 5.41) is 3.48. The largest absolute Gasteiger partial charge is 0.416 e. The molecule has 2 saturated heterocycles. The number of halogens is 4. The van der Waals surface area contributed by atoms with Gasteiger partial charge in [0.05, 0.1) is 5.56 Å². The maximum Gasteiger partial charge on any atom is 0.416 e. The van der Waals surface area contributed by atoms with Gasteiger partial charge in [-0.15, -0.1) is 24.0 Å². The number of nitrogens with one attached hydrogen (secondary N) is 1. The lowest BCUT2D eigenvalue weighted by Gasteiger charge is -2.40. The van der Waals surface area contributed by atoms with Gasteiger partial charge >= 0.3 is 6.18 Å². The van der Waals surface area contributed by atoms with Crippen molar-refractivity contribution in [3.05, 3.63) is 29.8 Å².